The van der Waals surface area contributed by atoms with E-state index in [1.807, 2.05) is 19.1 Å². The van der Waals surface area contributed by atoms with Crippen LogP contribution < -0.4 is 5.32 Å². The normalized spacial score (nSPS) is 14.7. The van der Waals surface area contributed by atoms with Crippen LogP contribution in [0.5, 0.6) is 0 Å². The molecule has 138 valence electrons. The molecule has 0 bridgehead atoms. The molecule has 27 heavy (non-hydrogen) atoms. The minimum atomic E-state index is -0.323. The second-order valence-corrected chi connectivity index (χ2v) is 9.02. The Bertz CT molecular complexity index is 960. The summed E-state index contributed by atoms with van der Waals surface area (Å²) in [6.45, 7) is 2.68. The van der Waals surface area contributed by atoms with Gasteiger partial charge in [-0.15, -0.1) is 11.3 Å². The number of nitrogens with one attached hydrogen (secondary N) is 1. The Labute approximate surface area is 172 Å². The number of aryl methyl sites for hydroxylation is 1. The molecule has 4 rings (SSSR count). The van der Waals surface area contributed by atoms with Crippen molar-refractivity contribution in [2.45, 2.75) is 31.6 Å². The average Bonchev–Trinajstić information content (AvgIpc) is 3.38. The number of amides is 1. The van der Waals surface area contributed by atoms with Gasteiger partial charge < -0.3 is 5.32 Å². The molecule has 1 heterocycles. The predicted molar refractivity (Wildman–Crippen MR) is 114 cm³/mol. The van der Waals surface area contributed by atoms with E-state index in [4.69, 9.17) is 0 Å². The molecule has 2 aromatic carbocycles. The summed E-state index contributed by atoms with van der Waals surface area (Å²) in [6.07, 6.45) is 2.69. The fourth-order valence-corrected chi connectivity index (χ4v) is 4.41. The molecule has 0 spiro atoms. The van der Waals surface area contributed by atoms with Gasteiger partial charge in [0.25, 0.3) is 0 Å². The lowest BCUT2D eigenvalue weighted by Crippen LogP contribution is -2.35. The molecule has 1 aliphatic rings. The van der Waals surface area contributed by atoms with E-state index in [0.29, 0.717) is 6.54 Å². The number of hydrogen-bond acceptors (Lipinski definition) is 3. The molecule has 1 aromatic heterocycles. The number of nitrogens with zero attached hydrogens (tertiary/aromatic N) is 1. The number of carbonyl (C=O) groups is 1. The molecular formula is C22H21BrN2OS. The van der Waals surface area contributed by atoms with Crippen molar-refractivity contribution >= 4 is 33.2 Å². The van der Waals surface area contributed by atoms with E-state index in [1.165, 1.54) is 5.56 Å². The van der Waals surface area contributed by atoms with Crippen molar-refractivity contribution in [2.75, 3.05) is 6.54 Å². The molecule has 1 amide bonds. The molecular weight excluding hydrogens is 420 g/mol. The van der Waals surface area contributed by atoms with Gasteiger partial charge in [0.1, 0.15) is 0 Å². The van der Waals surface area contributed by atoms with Crippen LogP contribution in [0.15, 0.2) is 58.4 Å². The first kappa shape index (κ1) is 18.4. The molecule has 5 heteroatoms. The summed E-state index contributed by atoms with van der Waals surface area (Å²) >= 11 is 5.17. The van der Waals surface area contributed by atoms with Gasteiger partial charge in [-0.05, 0) is 49.4 Å². The number of halogens is 1. The summed E-state index contributed by atoms with van der Waals surface area (Å²) in [6, 6.07) is 16.6. The Kier molecular flexibility index (Phi) is 5.15. The van der Waals surface area contributed by atoms with Gasteiger partial charge in [0, 0.05) is 22.0 Å². The van der Waals surface area contributed by atoms with Gasteiger partial charge in [-0.25, -0.2) is 4.98 Å². The molecule has 0 radical (unpaired) electrons. The van der Waals surface area contributed by atoms with Crippen LogP contribution in [-0.2, 0) is 16.6 Å². The molecule has 1 aliphatic carbocycles. The summed E-state index contributed by atoms with van der Waals surface area (Å²) in [5.41, 5.74) is 4.17. The summed E-state index contributed by atoms with van der Waals surface area (Å²) in [5, 5.41) is 6.30. The lowest BCUT2D eigenvalue weighted by Gasteiger charge is -2.16. The van der Waals surface area contributed by atoms with Crippen LogP contribution in [0.2, 0.25) is 0 Å². The maximum Gasteiger partial charge on any atom is 0.230 e. The van der Waals surface area contributed by atoms with Crippen LogP contribution in [0, 0.1) is 6.92 Å². The third-order valence-corrected chi connectivity index (χ3v) is 6.40. The Morgan fingerprint density at radius 2 is 2.00 bits per heavy atom. The van der Waals surface area contributed by atoms with E-state index < -0.39 is 0 Å². The first-order valence-electron chi connectivity index (χ1n) is 9.13. The van der Waals surface area contributed by atoms with Gasteiger partial charge in [-0.2, -0.15) is 0 Å². The molecule has 1 N–H and O–H groups in total. The lowest BCUT2D eigenvalue weighted by molar-refractivity contribution is -0.123. The smallest absolute Gasteiger partial charge is 0.230 e. The van der Waals surface area contributed by atoms with E-state index >= 15 is 0 Å². The van der Waals surface area contributed by atoms with E-state index in [9.17, 15) is 4.79 Å². The summed E-state index contributed by atoms with van der Waals surface area (Å²) in [4.78, 5) is 17.3. The van der Waals surface area contributed by atoms with Gasteiger partial charge >= 0.3 is 0 Å². The fraction of sp³-hybridized carbons (Fsp3) is 0.273. The zero-order valence-electron chi connectivity index (χ0n) is 15.2. The SMILES string of the molecule is Cc1nc(-c2ccc(CCNC(=O)C3(c4cccc(Br)c4)CC3)cc2)cs1. The van der Waals surface area contributed by atoms with Gasteiger partial charge in [0.2, 0.25) is 5.91 Å². The van der Waals surface area contributed by atoms with Gasteiger partial charge in [0.15, 0.2) is 0 Å². The number of benzene rings is 2. The molecule has 0 atom stereocenters. The average molecular weight is 441 g/mol. The number of aromatic nitrogens is 1. The van der Waals surface area contributed by atoms with Crippen LogP contribution in [0.4, 0.5) is 0 Å². The molecule has 3 nitrogen and oxygen atoms in total. The van der Waals surface area contributed by atoms with Crippen molar-refractivity contribution in [2.24, 2.45) is 0 Å². The largest absolute Gasteiger partial charge is 0.355 e. The number of carbonyl (C=O) groups excluding carboxylic acids is 1. The van der Waals surface area contributed by atoms with Crippen LogP contribution in [0.25, 0.3) is 11.3 Å². The maximum atomic E-state index is 12.7. The van der Waals surface area contributed by atoms with Gasteiger partial charge in [0.05, 0.1) is 16.1 Å². The van der Waals surface area contributed by atoms with Crippen molar-refractivity contribution in [1.82, 2.24) is 10.3 Å². The number of thiazole rings is 1. The zero-order chi connectivity index (χ0) is 18.9. The van der Waals surface area contributed by atoms with Crippen molar-refractivity contribution in [1.29, 1.82) is 0 Å². The topological polar surface area (TPSA) is 42.0 Å². The van der Waals surface area contributed by atoms with Gasteiger partial charge in [-0.3, -0.25) is 4.79 Å². The van der Waals surface area contributed by atoms with E-state index in [-0.39, 0.29) is 11.3 Å². The fourth-order valence-electron chi connectivity index (χ4n) is 3.39. The second kappa shape index (κ2) is 7.56. The highest BCUT2D eigenvalue weighted by atomic mass is 79.9. The minimum absolute atomic E-state index is 0.148. The quantitative estimate of drug-likeness (QED) is 0.566. The highest BCUT2D eigenvalue weighted by Crippen LogP contribution is 2.48. The third kappa shape index (κ3) is 3.99. The Balaban J connectivity index is 1.34. The Morgan fingerprint density at radius 1 is 1.22 bits per heavy atom. The molecule has 1 saturated carbocycles. The molecule has 0 aliphatic heterocycles. The van der Waals surface area contributed by atoms with Crippen LogP contribution in [0.1, 0.15) is 29.0 Å². The zero-order valence-corrected chi connectivity index (χ0v) is 17.6. The number of rotatable bonds is 6. The van der Waals surface area contributed by atoms with Crippen molar-refractivity contribution in [3.63, 3.8) is 0 Å². The first-order valence-corrected chi connectivity index (χ1v) is 10.8. The standard InChI is InChI=1S/C22H21BrN2OS/c1-15-25-20(14-27-15)17-7-5-16(6-8-17)9-12-24-21(26)22(10-11-22)18-3-2-4-19(23)13-18/h2-8,13-14H,9-12H2,1H3,(H,24,26). The van der Waals surface area contributed by atoms with E-state index in [0.717, 1.165) is 45.6 Å². The summed E-state index contributed by atoms with van der Waals surface area (Å²) < 4.78 is 1.02. The Morgan fingerprint density at radius 3 is 2.63 bits per heavy atom. The van der Waals surface area contributed by atoms with Crippen molar-refractivity contribution in [3.05, 3.63) is 74.5 Å². The lowest BCUT2D eigenvalue weighted by atomic mass is 9.95. The first-order chi connectivity index (χ1) is 13.1. The van der Waals surface area contributed by atoms with Crippen molar-refractivity contribution in [3.8, 4) is 11.3 Å². The minimum Gasteiger partial charge on any atom is -0.355 e. The Hall–Kier alpha value is -1.98. The summed E-state index contributed by atoms with van der Waals surface area (Å²) in [5.74, 6) is 0.148. The van der Waals surface area contributed by atoms with Crippen LogP contribution in [-0.4, -0.2) is 17.4 Å². The van der Waals surface area contributed by atoms with Crippen molar-refractivity contribution < 1.29 is 4.79 Å². The van der Waals surface area contributed by atoms with Crippen LogP contribution >= 0.6 is 27.3 Å². The van der Waals surface area contributed by atoms with E-state index in [2.05, 4.69) is 68.0 Å². The van der Waals surface area contributed by atoms with Gasteiger partial charge in [-0.1, -0.05) is 52.3 Å². The van der Waals surface area contributed by atoms with Crippen LogP contribution in [0.3, 0.4) is 0 Å². The molecule has 3 aromatic rings. The highest BCUT2D eigenvalue weighted by molar-refractivity contribution is 9.10. The second-order valence-electron chi connectivity index (χ2n) is 7.05. The molecule has 0 saturated heterocycles. The summed E-state index contributed by atoms with van der Waals surface area (Å²) in [7, 11) is 0. The number of hydrogen-bond donors (Lipinski definition) is 1. The third-order valence-electron chi connectivity index (χ3n) is 5.13. The predicted octanol–water partition coefficient (Wildman–Crippen LogP) is 5.27. The highest BCUT2D eigenvalue weighted by Gasteiger charge is 2.51. The monoisotopic (exact) mass is 440 g/mol. The molecule has 1 fully saturated rings. The van der Waals surface area contributed by atoms with E-state index in [1.54, 1.807) is 11.3 Å². The maximum absolute atomic E-state index is 12.7. The molecule has 0 unspecified atom stereocenters.